The van der Waals surface area contributed by atoms with Gasteiger partial charge in [0, 0.05) is 12.0 Å². The maximum Gasteiger partial charge on any atom is 0.122 e. The molecule has 0 N–H and O–H groups in total. The summed E-state index contributed by atoms with van der Waals surface area (Å²) in [5, 5.41) is 2.98. The van der Waals surface area contributed by atoms with Gasteiger partial charge in [-0.3, -0.25) is 4.21 Å². The Kier molecular flexibility index (Phi) is 3.81. The number of aromatic nitrogens is 1. The number of thiazole rings is 1. The van der Waals surface area contributed by atoms with Crippen LogP contribution in [0.2, 0.25) is 0 Å². The lowest BCUT2D eigenvalue weighted by Gasteiger charge is -2.03. The molecule has 0 amide bonds. The average Bonchev–Trinajstić information content (AvgIpc) is 3.07. The molecule has 1 aliphatic rings. The quantitative estimate of drug-likeness (QED) is 0.869. The van der Waals surface area contributed by atoms with Crippen molar-refractivity contribution < 1.29 is 13.4 Å². The van der Waals surface area contributed by atoms with Crippen LogP contribution in [0.5, 0.6) is 0 Å². The Morgan fingerprint density at radius 3 is 3.16 bits per heavy atom. The van der Waals surface area contributed by atoms with Gasteiger partial charge in [-0.15, -0.1) is 11.3 Å². The van der Waals surface area contributed by atoms with E-state index < -0.39 is 10.8 Å². The molecule has 2 aromatic heterocycles. The van der Waals surface area contributed by atoms with E-state index in [4.69, 9.17) is 9.15 Å². The number of aryl methyl sites for hydroxylation is 1. The molecule has 2 unspecified atom stereocenters. The van der Waals surface area contributed by atoms with Crippen LogP contribution in [0, 0.1) is 6.92 Å². The molecule has 1 fully saturated rings. The van der Waals surface area contributed by atoms with Gasteiger partial charge in [-0.25, -0.2) is 4.98 Å². The van der Waals surface area contributed by atoms with Crippen molar-refractivity contribution in [2.45, 2.75) is 36.5 Å². The molecule has 0 spiro atoms. The smallest absolute Gasteiger partial charge is 0.122 e. The maximum atomic E-state index is 12.2. The van der Waals surface area contributed by atoms with Crippen molar-refractivity contribution >= 4 is 22.1 Å². The van der Waals surface area contributed by atoms with E-state index in [-0.39, 0.29) is 6.10 Å². The highest BCUT2D eigenvalue weighted by molar-refractivity contribution is 7.84. The Hall–Kier alpha value is -0.980. The first-order chi connectivity index (χ1) is 9.24. The Balaban J connectivity index is 1.70. The average molecular weight is 297 g/mol. The number of rotatable bonds is 4. The van der Waals surface area contributed by atoms with Crippen LogP contribution in [-0.2, 0) is 21.3 Å². The molecular weight excluding hydrogens is 282 g/mol. The molecule has 19 heavy (non-hydrogen) atoms. The molecule has 1 aliphatic heterocycles. The molecular formula is C13H15NO3S2. The van der Waals surface area contributed by atoms with Crippen LogP contribution in [0.4, 0.5) is 0 Å². The summed E-state index contributed by atoms with van der Waals surface area (Å²) < 4.78 is 23.0. The minimum Gasteiger partial charge on any atom is -0.468 e. The van der Waals surface area contributed by atoms with E-state index in [1.807, 2.05) is 12.3 Å². The molecule has 3 heterocycles. The van der Waals surface area contributed by atoms with E-state index in [0.717, 1.165) is 35.0 Å². The van der Waals surface area contributed by atoms with Crippen LogP contribution < -0.4 is 0 Å². The highest BCUT2D eigenvalue weighted by atomic mass is 32.2. The number of nitrogens with zero attached hydrogens (tertiary/aromatic N) is 1. The predicted octanol–water partition coefficient (Wildman–Crippen LogP) is 3.20. The largest absolute Gasteiger partial charge is 0.468 e. The molecule has 1 saturated heterocycles. The van der Waals surface area contributed by atoms with Gasteiger partial charge < -0.3 is 9.15 Å². The van der Waals surface area contributed by atoms with Crippen molar-refractivity contribution in [2.75, 3.05) is 6.61 Å². The standard InChI is InChI=1S/C13H15NO3S2/c1-9-12(4-6-16-9)19(15)8-10-7-18-13(14-10)11-3-2-5-17-11/h4,6-7,11H,2-3,5,8H2,1H3. The summed E-state index contributed by atoms with van der Waals surface area (Å²) in [4.78, 5) is 5.30. The van der Waals surface area contributed by atoms with Gasteiger partial charge in [0.15, 0.2) is 0 Å². The summed E-state index contributed by atoms with van der Waals surface area (Å²) in [6, 6.07) is 1.76. The summed E-state index contributed by atoms with van der Waals surface area (Å²) in [7, 11) is -1.09. The molecule has 0 aromatic carbocycles. The first-order valence-corrected chi connectivity index (χ1v) is 8.42. The second-order valence-corrected chi connectivity index (χ2v) is 6.82. The zero-order chi connectivity index (χ0) is 13.2. The van der Waals surface area contributed by atoms with Gasteiger partial charge >= 0.3 is 0 Å². The number of hydrogen-bond donors (Lipinski definition) is 0. The second kappa shape index (κ2) is 5.56. The Morgan fingerprint density at radius 1 is 1.58 bits per heavy atom. The van der Waals surface area contributed by atoms with E-state index in [0.29, 0.717) is 11.5 Å². The topological polar surface area (TPSA) is 52.3 Å². The third kappa shape index (κ3) is 2.80. The Labute approximate surface area is 118 Å². The lowest BCUT2D eigenvalue weighted by Crippen LogP contribution is -1.99. The van der Waals surface area contributed by atoms with Crippen molar-refractivity contribution in [1.82, 2.24) is 4.98 Å². The van der Waals surface area contributed by atoms with Gasteiger partial charge in [0.1, 0.15) is 16.9 Å². The second-order valence-electron chi connectivity index (χ2n) is 4.51. The fourth-order valence-electron chi connectivity index (χ4n) is 2.13. The normalized spacial score (nSPS) is 20.8. The van der Waals surface area contributed by atoms with Crippen LogP contribution in [0.15, 0.2) is 27.0 Å². The van der Waals surface area contributed by atoms with Gasteiger partial charge in [0.2, 0.25) is 0 Å². The molecule has 0 saturated carbocycles. The van der Waals surface area contributed by atoms with E-state index in [1.54, 1.807) is 23.7 Å². The van der Waals surface area contributed by atoms with Crippen LogP contribution in [-0.4, -0.2) is 15.8 Å². The lowest BCUT2D eigenvalue weighted by molar-refractivity contribution is 0.111. The van der Waals surface area contributed by atoms with Crippen LogP contribution >= 0.6 is 11.3 Å². The van der Waals surface area contributed by atoms with E-state index in [1.165, 1.54) is 0 Å². The van der Waals surface area contributed by atoms with Crippen LogP contribution in [0.3, 0.4) is 0 Å². The monoisotopic (exact) mass is 297 g/mol. The van der Waals surface area contributed by atoms with Gasteiger partial charge in [0.05, 0.1) is 33.4 Å². The SMILES string of the molecule is Cc1occc1S(=O)Cc1csc(C2CCCO2)n1. The lowest BCUT2D eigenvalue weighted by atomic mass is 10.2. The summed E-state index contributed by atoms with van der Waals surface area (Å²) >= 11 is 1.60. The summed E-state index contributed by atoms with van der Waals surface area (Å²) in [5.74, 6) is 1.15. The van der Waals surface area contributed by atoms with Gasteiger partial charge in [-0.05, 0) is 25.8 Å². The number of ether oxygens (including phenoxy) is 1. The Morgan fingerprint density at radius 2 is 2.47 bits per heavy atom. The zero-order valence-corrected chi connectivity index (χ0v) is 12.3. The van der Waals surface area contributed by atoms with E-state index in [9.17, 15) is 4.21 Å². The van der Waals surface area contributed by atoms with Gasteiger partial charge in [0.25, 0.3) is 0 Å². The third-order valence-corrected chi connectivity index (χ3v) is 5.57. The molecule has 0 bridgehead atoms. The first-order valence-electron chi connectivity index (χ1n) is 6.22. The number of hydrogen-bond acceptors (Lipinski definition) is 5. The Bertz CT molecular complexity index is 584. The van der Waals surface area contributed by atoms with Crippen molar-refractivity contribution in [3.05, 3.63) is 34.2 Å². The minimum atomic E-state index is -1.09. The molecule has 0 radical (unpaired) electrons. The molecule has 2 aromatic rings. The fourth-order valence-corrected chi connectivity index (χ4v) is 4.28. The third-order valence-electron chi connectivity index (χ3n) is 3.11. The predicted molar refractivity (Wildman–Crippen MR) is 73.6 cm³/mol. The van der Waals surface area contributed by atoms with Crippen molar-refractivity contribution in [3.8, 4) is 0 Å². The molecule has 3 rings (SSSR count). The zero-order valence-electron chi connectivity index (χ0n) is 10.6. The molecule has 6 heteroatoms. The summed E-state index contributed by atoms with van der Waals surface area (Å²) in [5.41, 5.74) is 0.870. The van der Waals surface area contributed by atoms with Crippen molar-refractivity contribution in [1.29, 1.82) is 0 Å². The first kappa shape index (κ1) is 13.0. The van der Waals surface area contributed by atoms with Gasteiger partial charge in [-0.2, -0.15) is 0 Å². The number of furan rings is 1. The minimum absolute atomic E-state index is 0.142. The highest BCUT2D eigenvalue weighted by Crippen LogP contribution is 2.31. The van der Waals surface area contributed by atoms with Crippen molar-refractivity contribution in [2.24, 2.45) is 0 Å². The van der Waals surface area contributed by atoms with E-state index in [2.05, 4.69) is 4.98 Å². The maximum absolute atomic E-state index is 12.2. The molecule has 102 valence electrons. The van der Waals surface area contributed by atoms with Gasteiger partial charge in [-0.1, -0.05) is 0 Å². The molecule has 4 nitrogen and oxygen atoms in total. The van der Waals surface area contributed by atoms with Crippen LogP contribution in [0.25, 0.3) is 0 Å². The van der Waals surface area contributed by atoms with E-state index >= 15 is 0 Å². The summed E-state index contributed by atoms with van der Waals surface area (Å²) in [6.07, 6.45) is 3.85. The summed E-state index contributed by atoms with van der Waals surface area (Å²) in [6.45, 7) is 2.64. The fraction of sp³-hybridized carbons (Fsp3) is 0.462. The van der Waals surface area contributed by atoms with Crippen LogP contribution in [0.1, 0.15) is 35.4 Å². The molecule has 2 atom stereocenters. The van der Waals surface area contributed by atoms with Crippen molar-refractivity contribution in [3.63, 3.8) is 0 Å². The highest BCUT2D eigenvalue weighted by Gasteiger charge is 2.21. The molecule has 0 aliphatic carbocycles.